The van der Waals surface area contributed by atoms with Crippen molar-refractivity contribution in [2.75, 3.05) is 25.5 Å². The lowest BCUT2D eigenvalue weighted by atomic mass is 10.2. The van der Waals surface area contributed by atoms with Crippen LogP contribution in [0.4, 0.5) is 18.9 Å². The van der Waals surface area contributed by atoms with Crippen molar-refractivity contribution in [1.82, 2.24) is 5.32 Å². The molecule has 0 radical (unpaired) electrons. The predicted octanol–water partition coefficient (Wildman–Crippen LogP) is 1.56. The highest BCUT2D eigenvalue weighted by molar-refractivity contribution is 6.01. The van der Waals surface area contributed by atoms with Crippen LogP contribution < -0.4 is 10.6 Å². The first-order valence-corrected chi connectivity index (χ1v) is 5.58. The number of para-hydroxylation sites is 1. The standard InChI is InChI=1S/C12H13F3N2O3/c1-20-11(19)8-4-2-3-5-9(8)17-10(18)6-16-7-12(13,14)15/h2-5,16H,6-7H2,1H3,(H,17,18). The van der Waals surface area contributed by atoms with E-state index in [9.17, 15) is 22.8 Å². The topological polar surface area (TPSA) is 67.4 Å². The third-order valence-corrected chi connectivity index (χ3v) is 2.22. The van der Waals surface area contributed by atoms with E-state index < -0.39 is 31.1 Å². The van der Waals surface area contributed by atoms with Gasteiger partial charge in [-0.25, -0.2) is 4.79 Å². The average molecular weight is 290 g/mol. The zero-order chi connectivity index (χ0) is 15.2. The molecule has 5 nitrogen and oxygen atoms in total. The Bertz CT molecular complexity index is 489. The number of anilines is 1. The zero-order valence-corrected chi connectivity index (χ0v) is 10.6. The Hall–Kier alpha value is -2.09. The van der Waals surface area contributed by atoms with E-state index in [0.717, 1.165) is 0 Å². The summed E-state index contributed by atoms with van der Waals surface area (Å²) in [6.07, 6.45) is -4.38. The van der Waals surface area contributed by atoms with E-state index in [1.165, 1.54) is 19.2 Å². The Balaban J connectivity index is 2.60. The molecule has 110 valence electrons. The number of hydrogen-bond acceptors (Lipinski definition) is 4. The zero-order valence-electron chi connectivity index (χ0n) is 10.6. The Morgan fingerprint density at radius 1 is 1.25 bits per heavy atom. The highest BCUT2D eigenvalue weighted by atomic mass is 19.4. The third-order valence-electron chi connectivity index (χ3n) is 2.22. The number of hydrogen-bond donors (Lipinski definition) is 2. The number of benzene rings is 1. The molecule has 0 heterocycles. The maximum atomic E-state index is 11.9. The number of halogens is 3. The fourth-order valence-corrected chi connectivity index (χ4v) is 1.39. The van der Waals surface area contributed by atoms with Gasteiger partial charge < -0.3 is 15.4 Å². The van der Waals surface area contributed by atoms with Crippen molar-refractivity contribution in [2.24, 2.45) is 0 Å². The summed E-state index contributed by atoms with van der Waals surface area (Å²) in [7, 11) is 1.19. The van der Waals surface area contributed by atoms with Crippen molar-refractivity contribution in [3.05, 3.63) is 29.8 Å². The molecule has 20 heavy (non-hydrogen) atoms. The average Bonchev–Trinajstić information content (AvgIpc) is 2.37. The molecule has 1 amide bonds. The van der Waals surface area contributed by atoms with Crippen LogP contribution in [0.1, 0.15) is 10.4 Å². The molecule has 0 saturated heterocycles. The van der Waals surface area contributed by atoms with E-state index in [0.29, 0.717) is 0 Å². The molecule has 8 heteroatoms. The Morgan fingerprint density at radius 2 is 1.90 bits per heavy atom. The van der Waals surface area contributed by atoms with Crippen LogP contribution in [0.25, 0.3) is 0 Å². The first-order chi connectivity index (χ1) is 9.33. The van der Waals surface area contributed by atoms with Gasteiger partial charge in [-0.1, -0.05) is 12.1 Å². The number of rotatable bonds is 5. The number of alkyl halides is 3. The molecule has 0 unspecified atom stereocenters. The molecule has 1 aromatic rings. The third kappa shape index (κ3) is 5.27. The van der Waals surface area contributed by atoms with Gasteiger partial charge in [0, 0.05) is 0 Å². The lowest BCUT2D eigenvalue weighted by Crippen LogP contribution is -2.35. The summed E-state index contributed by atoms with van der Waals surface area (Å²) < 4.78 is 40.2. The summed E-state index contributed by atoms with van der Waals surface area (Å²) in [6, 6.07) is 6.04. The van der Waals surface area contributed by atoms with Crippen molar-refractivity contribution in [3.8, 4) is 0 Å². The fraction of sp³-hybridized carbons (Fsp3) is 0.333. The van der Waals surface area contributed by atoms with E-state index in [-0.39, 0.29) is 11.3 Å². The fourth-order valence-electron chi connectivity index (χ4n) is 1.39. The SMILES string of the molecule is COC(=O)c1ccccc1NC(=O)CNCC(F)(F)F. The number of amides is 1. The van der Waals surface area contributed by atoms with Crippen molar-refractivity contribution in [2.45, 2.75) is 6.18 Å². The van der Waals surface area contributed by atoms with Gasteiger partial charge in [0.2, 0.25) is 5.91 Å². The van der Waals surface area contributed by atoms with E-state index in [1.54, 1.807) is 12.1 Å². The Kier molecular flexibility index (Phi) is 5.51. The van der Waals surface area contributed by atoms with Crippen LogP contribution in [-0.2, 0) is 9.53 Å². The monoisotopic (exact) mass is 290 g/mol. The molecule has 0 aliphatic rings. The van der Waals surface area contributed by atoms with Crippen molar-refractivity contribution in [3.63, 3.8) is 0 Å². The summed E-state index contributed by atoms with van der Waals surface area (Å²) in [4.78, 5) is 22.9. The van der Waals surface area contributed by atoms with Gasteiger partial charge in [0.15, 0.2) is 0 Å². The first kappa shape index (κ1) is 16.0. The van der Waals surface area contributed by atoms with Gasteiger partial charge in [0.25, 0.3) is 0 Å². The largest absolute Gasteiger partial charge is 0.465 e. The van der Waals surface area contributed by atoms with Crippen molar-refractivity contribution < 1.29 is 27.5 Å². The van der Waals surface area contributed by atoms with Crippen molar-refractivity contribution in [1.29, 1.82) is 0 Å². The molecule has 1 aromatic carbocycles. The van der Waals surface area contributed by atoms with Crippen LogP contribution in [0.5, 0.6) is 0 Å². The minimum absolute atomic E-state index is 0.124. The molecule has 0 aliphatic carbocycles. The van der Waals surface area contributed by atoms with Gasteiger partial charge in [-0.3, -0.25) is 4.79 Å². The lowest BCUT2D eigenvalue weighted by molar-refractivity contribution is -0.126. The van der Waals surface area contributed by atoms with Crippen LogP contribution in [0, 0.1) is 0 Å². The molecule has 1 rings (SSSR count). The van der Waals surface area contributed by atoms with Gasteiger partial charge in [0.05, 0.1) is 31.5 Å². The second-order valence-electron chi connectivity index (χ2n) is 3.80. The molecule has 0 aromatic heterocycles. The minimum Gasteiger partial charge on any atom is -0.465 e. The molecule has 2 N–H and O–H groups in total. The van der Waals surface area contributed by atoms with Gasteiger partial charge in [-0.2, -0.15) is 13.2 Å². The lowest BCUT2D eigenvalue weighted by Gasteiger charge is -2.11. The Labute approximate surface area is 113 Å². The van der Waals surface area contributed by atoms with Gasteiger partial charge in [-0.15, -0.1) is 0 Å². The van der Waals surface area contributed by atoms with Crippen LogP contribution in [0.2, 0.25) is 0 Å². The smallest absolute Gasteiger partial charge is 0.401 e. The van der Waals surface area contributed by atoms with E-state index >= 15 is 0 Å². The number of methoxy groups -OCH3 is 1. The normalized spacial score (nSPS) is 11.0. The summed E-state index contributed by atoms with van der Waals surface area (Å²) >= 11 is 0. The second-order valence-corrected chi connectivity index (χ2v) is 3.80. The summed E-state index contributed by atoms with van der Waals surface area (Å²) in [6.45, 7) is -1.78. The molecule has 0 spiro atoms. The van der Waals surface area contributed by atoms with Crippen LogP contribution in [-0.4, -0.2) is 38.3 Å². The highest BCUT2D eigenvalue weighted by Gasteiger charge is 2.26. The highest BCUT2D eigenvalue weighted by Crippen LogP contribution is 2.16. The number of nitrogens with one attached hydrogen (secondary N) is 2. The number of ether oxygens (including phenoxy) is 1. The summed E-state index contributed by atoms with van der Waals surface area (Å²) in [5.74, 6) is -1.34. The van der Waals surface area contributed by atoms with Crippen molar-refractivity contribution >= 4 is 17.6 Å². The Morgan fingerprint density at radius 3 is 2.50 bits per heavy atom. The van der Waals surface area contributed by atoms with E-state index in [4.69, 9.17) is 0 Å². The van der Waals surface area contributed by atoms with E-state index in [1.807, 2.05) is 5.32 Å². The summed E-state index contributed by atoms with van der Waals surface area (Å²) in [5.41, 5.74) is 0.303. The molecule has 0 saturated carbocycles. The van der Waals surface area contributed by atoms with Crippen LogP contribution in [0.3, 0.4) is 0 Å². The van der Waals surface area contributed by atoms with Crippen LogP contribution in [0.15, 0.2) is 24.3 Å². The first-order valence-electron chi connectivity index (χ1n) is 5.58. The molecule has 0 fully saturated rings. The van der Waals surface area contributed by atoms with E-state index in [2.05, 4.69) is 10.1 Å². The van der Waals surface area contributed by atoms with Gasteiger partial charge in [0.1, 0.15) is 0 Å². The number of carbonyl (C=O) groups excluding carboxylic acids is 2. The van der Waals surface area contributed by atoms with Gasteiger partial charge in [-0.05, 0) is 12.1 Å². The minimum atomic E-state index is -4.38. The molecule has 0 bridgehead atoms. The number of esters is 1. The second kappa shape index (κ2) is 6.90. The number of carbonyl (C=O) groups is 2. The molecule has 0 aliphatic heterocycles. The maximum absolute atomic E-state index is 11.9. The predicted molar refractivity (Wildman–Crippen MR) is 65.3 cm³/mol. The van der Waals surface area contributed by atoms with Crippen LogP contribution >= 0.6 is 0 Å². The van der Waals surface area contributed by atoms with Gasteiger partial charge >= 0.3 is 12.1 Å². The molecular weight excluding hydrogens is 277 g/mol. The summed E-state index contributed by atoms with van der Waals surface area (Å²) in [5, 5.41) is 4.30. The quantitative estimate of drug-likeness (QED) is 0.808. The molecule has 0 atom stereocenters. The molecular formula is C12H13F3N2O3. The maximum Gasteiger partial charge on any atom is 0.401 e.